The average molecular weight is 275 g/mol. The first kappa shape index (κ1) is 14.6. The fourth-order valence-electron chi connectivity index (χ4n) is 2.26. The van der Waals surface area contributed by atoms with E-state index < -0.39 is 5.97 Å². The number of carbonyl (C=O) groups is 1. The number of aromatic carboxylic acids is 1. The monoisotopic (exact) mass is 275 g/mol. The second kappa shape index (κ2) is 6.09. The first-order valence-corrected chi connectivity index (χ1v) is 6.91. The Balaban J connectivity index is 2.27. The quantitative estimate of drug-likeness (QED) is 0.875. The summed E-state index contributed by atoms with van der Waals surface area (Å²) < 4.78 is 5.46. The molecule has 0 amide bonds. The molecule has 4 nitrogen and oxygen atoms in total. The number of nitrogens with zero attached hydrogens (tertiary/aromatic N) is 1. The van der Waals surface area contributed by atoms with Crippen LogP contribution in [0.1, 0.15) is 36.4 Å². The molecule has 0 fully saturated rings. The van der Waals surface area contributed by atoms with Crippen molar-refractivity contribution >= 4 is 16.9 Å². The number of para-hydroxylation sites is 1. The van der Waals surface area contributed by atoms with Crippen molar-refractivity contribution in [3.05, 3.63) is 35.6 Å². The molecule has 2 aromatic rings. The second-order valence-corrected chi connectivity index (χ2v) is 5.63. The van der Waals surface area contributed by atoms with Crippen LogP contribution < -0.4 is 0 Å². The molecule has 0 spiro atoms. The molecule has 0 saturated carbocycles. The van der Waals surface area contributed by atoms with Gasteiger partial charge in [0, 0.05) is 17.5 Å². The van der Waals surface area contributed by atoms with Crippen molar-refractivity contribution in [1.82, 2.24) is 4.90 Å². The van der Waals surface area contributed by atoms with Crippen LogP contribution >= 0.6 is 0 Å². The molecule has 20 heavy (non-hydrogen) atoms. The summed E-state index contributed by atoms with van der Waals surface area (Å²) in [5.41, 5.74) is 1.40. The fourth-order valence-corrected chi connectivity index (χ4v) is 2.26. The van der Waals surface area contributed by atoms with Crippen LogP contribution in [0, 0.1) is 5.92 Å². The maximum atomic E-state index is 11.3. The van der Waals surface area contributed by atoms with E-state index in [0.717, 1.165) is 23.9 Å². The summed E-state index contributed by atoms with van der Waals surface area (Å²) in [4.78, 5) is 13.5. The molecule has 4 heteroatoms. The number of hydrogen-bond acceptors (Lipinski definition) is 3. The van der Waals surface area contributed by atoms with Crippen LogP contribution in [-0.2, 0) is 6.54 Å². The first-order chi connectivity index (χ1) is 9.49. The molecular weight excluding hydrogens is 254 g/mol. The molecule has 2 rings (SSSR count). The smallest absolute Gasteiger partial charge is 0.372 e. The lowest BCUT2D eigenvalue weighted by molar-refractivity contribution is 0.0662. The van der Waals surface area contributed by atoms with Crippen LogP contribution in [0.25, 0.3) is 11.0 Å². The van der Waals surface area contributed by atoms with Crippen LogP contribution in [0.5, 0.6) is 0 Å². The van der Waals surface area contributed by atoms with Gasteiger partial charge in [-0.15, -0.1) is 0 Å². The minimum Gasteiger partial charge on any atom is -0.475 e. The highest BCUT2D eigenvalue weighted by Gasteiger charge is 2.20. The van der Waals surface area contributed by atoms with Crippen molar-refractivity contribution in [2.75, 3.05) is 13.6 Å². The molecule has 0 atom stereocenters. The number of rotatable bonds is 6. The van der Waals surface area contributed by atoms with E-state index in [1.165, 1.54) is 0 Å². The third-order valence-electron chi connectivity index (χ3n) is 3.41. The van der Waals surface area contributed by atoms with Crippen LogP contribution in [-0.4, -0.2) is 29.6 Å². The van der Waals surface area contributed by atoms with Gasteiger partial charge in [-0.3, -0.25) is 0 Å². The fraction of sp³-hybridized carbons (Fsp3) is 0.438. The number of carboxylic acid groups (broad SMARTS) is 1. The van der Waals surface area contributed by atoms with Crippen molar-refractivity contribution in [3.63, 3.8) is 0 Å². The van der Waals surface area contributed by atoms with E-state index in [4.69, 9.17) is 4.42 Å². The topological polar surface area (TPSA) is 53.7 Å². The summed E-state index contributed by atoms with van der Waals surface area (Å²) in [6.07, 6.45) is 1.09. The van der Waals surface area contributed by atoms with E-state index in [1.807, 2.05) is 25.2 Å². The van der Waals surface area contributed by atoms with E-state index in [9.17, 15) is 9.90 Å². The Morgan fingerprint density at radius 2 is 2.05 bits per heavy atom. The van der Waals surface area contributed by atoms with E-state index >= 15 is 0 Å². The summed E-state index contributed by atoms with van der Waals surface area (Å²) in [5, 5.41) is 10.2. The summed E-state index contributed by atoms with van der Waals surface area (Å²) in [5.74, 6) is -0.312. The first-order valence-electron chi connectivity index (χ1n) is 6.91. The van der Waals surface area contributed by atoms with Gasteiger partial charge >= 0.3 is 5.97 Å². The normalized spacial score (nSPS) is 11.7. The van der Waals surface area contributed by atoms with Crippen LogP contribution in [0.2, 0.25) is 0 Å². The summed E-state index contributed by atoms with van der Waals surface area (Å²) >= 11 is 0. The van der Waals surface area contributed by atoms with E-state index in [0.29, 0.717) is 18.0 Å². The number of carboxylic acids is 1. The minimum atomic E-state index is -1.01. The SMILES string of the molecule is CC(C)CCN(C)Cc1c(C(=O)O)oc2ccccc12. The van der Waals surface area contributed by atoms with Gasteiger partial charge in [0.2, 0.25) is 5.76 Å². The van der Waals surface area contributed by atoms with Gasteiger partial charge in [-0.2, -0.15) is 0 Å². The lowest BCUT2D eigenvalue weighted by Gasteiger charge is -2.17. The molecule has 0 bridgehead atoms. The Kier molecular flexibility index (Phi) is 4.45. The van der Waals surface area contributed by atoms with Crippen molar-refractivity contribution in [3.8, 4) is 0 Å². The van der Waals surface area contributed by atoms with Crippen LogP contribution in [0.3, 0.4) is 0 Å². The predicted molar refractivity (Wildman–Crippen MR) is 79.0 cm³/mol. The van der Waals surface area contributed by atoms with Crippen molar-refractivity contribution in [2.24, 2.45) is 5.92 Å². The molecule has 0 aliphatic rings. The third kappa shape index (κ3) is 3.20. The third-order valence-corrected chi connectivity index (χ3v) is 3.41. The average Bonchev–Trinajstić information content (AvgIpc) is 2.76. The Bertz CT molecular complexity index is 601. The molecule has 0 aliphatic heterocycles. The summed E-state index contributed by atoms with van der Waals surface area (Å²) in [7, 11) is 2.01. The largest absolute Gasteiger partial charge is 0.475 e. The highest BCUT2D eigenvalue weighted by atomic mass is 16.4. The molecule has 1 N–H and O–H groups in total. The molecule has 0 unspecified atom stereocenters. The van der Waals surface area contributed by atoms with Gasteiger partial charge in [-0.25, -0.2) is 4.79 Å². The molecular formula is C16H21NO3. The van der Waals surface area contributed by atoms with Gasteiger partial charge < -0.3 is 14.4 Å². The van der Waals surface area contributed by atoms with E-state index in [2.05, 4.69) is 18.7 Å². The van der Waals surface area contributed by atoms with Crippen LogP contribution in [0.4, 0.5) is 0 Å². The zero-order valence-electron chi connectivity index (χ0n) is 12.2. The molecule has 108 valence electrons. The van der Waals surface area contributed by atoms with Crippen molar-refractivity contribution < 1.29 is 14.3 Å². The summed E-state index contributed by atoms with van der Waals surface area (Å²) in [6, 6.07) is 7.47. The van der Waals surface area contributed by atoms with Gasteiger partial charge in [0.1, 0.15) is 5.58 Å². The Morgan fingerprint density at radius 3 is 2.70 bits per heavy atom. The predicted octanol–water partition coefficient (Wildman–Crippen LogP) is 3.61. The van der Waals surface area contributed by atoms with Gasteiger partial charge in [0.15, 0.2) is 0 Å². The number of hydrogen-bond donors (Lipinski definition) is 1. The standard InChI is InChI=1S/C16H21NO3/c1-11(2)8-9-17(3)10-13-12-6-4-5-7-14(12)20-15(13)16(18)19/h4-7,11H,8-10H2,1-3H3,(H,18,19). The van der Waals surface area contributed by atoms with Crippen LogP contribution in [0.15, 0.2) is 28.7 Å². The Morgan fingerprint density at radius 1 is 1.35 bits per heavy atom. The lowest BCUT2D eigenvalue weighted by atomic mass is 10.1. The Hall–Kier alpha value is -1.81. The zero-order valence-corrected chi connectivity index (χ0v) is 12.2. The highest BCUT2D eigenvalue weighted by Crippen LogP contribution is 2.27. The molecule has 1 aromatic heterocycles. The van der Waals surface area contributed by atoms with Crippen molar-refractivity contribution in [2.45, 2.75) is 26.8 Å². The minimum absolute atomic E-state index is 0.0580. The molecule has 1 aromatic carbocycles. The molecule has 0 aliphatic carbocycles. The number of fused-ring (bicyclic) bond motifs is 1. The molecule has 1 heterocycles. The second-order valence-electron chi connectivity index (χ2n) is 5.63. The number of benzene rings is 1. The van der Waals surface area contributed by atoms with Gasteiger partial charge in [0.25, 0.3) is 0 Å². The summed E-state index contributed by atoms with van der Waals surface area (Å²) in [6.45, 7) is 5.90. The lowest BCUT2D eigenvalue weighted by Crippen LogP contribution is -2.21. The van der Waals surface area contributed by atoms with E-state index in [-0.39, 0.29) is 5.76 Å². The molecule has 0 radical (unpaired) electrons. The van der Waals surface area contributed by atoms with Gasteiger partial charge in [-0.05, 0) is 32.0 Å². The van der Waals surface area contributed by atoms with Gasteiger partial charge in [-0.1, -0.05) is 32.0 Å². The zero-order chi connectivity index (χ0) is 14.7. The van der Waals surface area contributed by atoms with Gasteiger partial charge in [0.05, 0.1) is 0 Å². The maximum Gasteiger partial charge on any atom is 0.372 e. The maximum absolute atomic E-state index is 11.3. The molecule has 0 saturated heterocycles. The van der Waals surface area contributed by atoms with Crippen molar-refractivity contribution in [1.29, 1.82) is 0 Å². The Labute approximate surface area is 119 Å². The number of furan rings is 1. The highest BCUT2D eigenvalue weighted by molar-refractivity contribution is 5.95. The van der Waals surface area contributed by atoms with E-state index in [1.54, 1.807) is 6.07 Å².